The first-order valence-electron chi connectivity index (χ1n) is 10.0. The number of carbonyl (C=O) groups is 2. The zero-order chi connectivity index (χ0) is 23.2. The summed E-state index contributed by atoms with van der Waals surface area (Å²) in [6.07, 6.45) is 1.70. The van der Waals surface area contributed by atoms with Crippen molar-refractivity contribution in [2.75, 3.05) is 5.32 Å². The number of aromatic nitrogens is 1. The van der Waals surface area contributed by atoms with Crippen LogP contribution in [0.15, 0.2) is 85.1 Å². The molecule has 9 heteroatoms. The number of fused-ring (bicyclic) bond motifs is 1. The first kappa shape index (κ1) is 21.4. The first-order chi connectivity index (χ1) is 16.0. The molecule has 2 amide bonds. The van der Waals surface area contributed by atoms with Crippen LogP contribution in [0.2, 0.25) is 0 Å². The van der Waals surface area contributed by atoms with E-state index in [0.717, 1.165) is 22.3 Å². The summed E-state index contributed by atoms with van der Waals surface area (Å²) in [7, 11) is 0. The Morgan fingerprint density at radius 3 is 2.33 bits per heavy atom. The molecule has 0 aliphatic heterocycles. The number of pyridine rings is 1. The number of para-hydroxylation sites is 1. The predicted octanol–water partition coefficient (Wildman–Crippen LogP) is 3.89. The Bertz CT molecular complexity index is 1320. The number of non-ortho nitro benzene ring substituents is 1. The monoisotopic (exact) mass is 441 g/mol. The topological polar surface area (TPSA) is 126 Å². The Morgan fingerprint density at radius 1 is 0.879 bits per heavy atom. The number of rotatable bonds is 6. The quantitative estimate of drug-likeness (QED) is 0.308. The smallest absolute Gasteiger partial charge is 0.269 e. The standard InChI is InChI=1S/C24H19N5O4/c30-23(15-16-5-11-19(12-6-16)29(32)33)27-28-24(31)17-7-9-18(10-8-17)26-22-13-14-25-21-4-2-1-3-20(21)22/h1-14H,15H2,(H,25,26)(H,27,30)(H,28,31). The molecule has 0 saturated heterocycles. The van der Waals surface area contributed by atoms with Gasteiger partial charge in [-0.15, -0.1) is 0 Å². The first-order valence-corrected chi connectivity index (χ1v) is 10.0. The van der Waals surface area contributed by atoms with Gasteiger partial charge in [-0.3, -0.25) is 35.5 Å². The molecule has 0 aliphatic rings. The Balaban J connectivity index is 1.32. The molecule has 4 aromatic rings. The molecule has 4 rings (SSSR count). The van der Waals surface area contributed by atoms with Crippen molar-refractivity contribution in [3.05, 3.63) is 106 Å². The minimum absolute atomic E-state index is 0.0268. The van der Waals surface area contributed by atoms with Crippen molar-refractivity contribution in [3.63, 3.8) is 0 Å². The van der Waals surface area contributed by atoms with Crippen molar-refractivity contribution in [1.82, 2.24) is 15.8 Å². The van der Waals surface area contributed by atoms with Gasteiger partial charge in [0.2, 0.25) is 5.91 Å². The molecule has 0 aliphatic carbocycles. The molecule has 0 spiro atoms. The van der Waals surface area contributed by atoms with Crippen LogP contribution < -0.4 is 16.2 Å². The van der Waals surface area contributed by atoms with E-state index in [1.807, 2.05) is 30.3 Å². The van der Waals surface area contributed by atoms with Crippen molar-refractivity contribution >= 4 is 39.8 Å². The highest BCUT2D eigenvalue weighted by atomic mass is 16.6. The molecule has 0 fully saturated rings. The summed E-state index contributed by atoms with van der Waals surface area (Å²) in [5.41, 5.74) is 8.19. The number of nitro benzene ring substituents is 1. The van der Waals surface area contributed by atoms with Crippen molar-refractivity contribution in [2.24, 2.45) is 0 Å². The van der Waals surface area contributed by atoms with Crippen molar-refractivity contribution in [1.29, 1.82) is 0 Å². The molecule has 0 radical (unpaired) electrons. The van der Waals surface area contributed by atoms with Crippen LogP contribution in [0.3, 0.4) is 0 Å². The summed E-state index contributed by atoms with van der Waals surface area (Å²) in [6.45, 7) is 0. The normalized spacial score (nSPS) is 10.4. The van der Waals surface area contributed by atoms with Gasteiger partial charge in [0.15, 0.2) is 0 Å². The predicted molar refractivity (Wildman–Crippen MR) is 124 cm³/mol. The molecule has 3 aromatic carbocycles. The number of hydrazine groups is 1. The van der Waals surface area contributed by atoms with Gasteiger partial charge in [-0.2, -0.15) is 0 Å². The molecule has 9 nitrogen and oxygen atoms in total. The average molecular weight is 441 g/mol. The number of hydrogen-bond donors (Lipinski definition) is 3. The van der Waals surface area contributed by atoms with E-state index in [1.54, 1.807) is 30.5 Å². The van der Waals surface area contributed by atoms with Crippen LogP contribution in [0.1, 0.15) is 15.9 Å². The second-order valence-electron chi connectivity index (χ2n) is 7.18. The summed E-state index contributed by atoms with van der Waals surface area (Å²) in [5, 5.41) is 15.0. The Labute approximate surface area is 188 Å². The lowest BCUT2D eigenvalue weighted by molar-refractivity contribution is -0.384. The van der Waals surface area contributed by atoms with Gasteiger partial charge < -0.3 is 5.32 Å². The van der Waals surface area contributed by atoms with Gasteiger partial charge in [0, 0.05) is 40.7 Å². The number of nitrogens with zero attached hydrogens (tertiary/aromatic N) is 2. The molecule has 33 heavy (non-hydrogen) atoms. The van der Waals surface area contributed by atoms with Crippen molar-refractivity contribution in [2.45, 2.75) is 6.42 Å². The lowest BCUT2D eigenvalue weighted by Crippen LogP contribution is -2.42. The minimum atomic E-state index is -0.510. The molecule has 0 saturated carbocycles. The van der Waals surface area contributed by atoms with Gasteiger partial charge in [-0.25, -0.2) is 0 Å². The maximum absolute atomic E-state index is 12.3. The molecular formula is C24H19N5O4. The van der Waals surface area contributed by atoms with E-state index >= 15 is 0 Å². The fraction of sp³-hybridized carbons (Fsp3) is 0.0417. The van der Waals surface area contributed by atoms with E-state index < -0.39 is 16.7 Å². The van der Waals surface area contributed by atoms with Gasteiger partial charge in [0.25, 0.3) is 11.6 Å². The van der Waals surface area contributed by atoms with E-state index in [-0.39, 0.29) is 12.1 Å². The Kier molecular flexibility index (Phi) is 6.21. The molecule has 3 N–H and O–H groups in total. The lowest BCUT2D eigenvalue weighted by Gasteiger charge is -2.11. The maximum Gasteiger partial charge on any atom is 0.269 e. The molecule has 0 bridgehead atoms. The van der Waals surface area contributed by atoms with Gasteiger partial charge in [-0.05, 0) is 42.0 Å². The number of nitrogens with one attached hydrogen (secondary N) is 3. The van der Waals surface area contributed by atoms with Crippen LogP contribution in [-0.2, 0) is 11.2 Å². The molecule has 1 aromatic heterocycles. The van der Waals surface area contributed by atoms with E-state index in [1.165, 1.54) is 24.3 Å². The molecule has 164 valence electrons. The van der Waals surface area contributed by atoms with E-state index in [4.69, 9.17) is 0 Å². The molecule has 0 atom stereocenters. The van der Waals surface area contributed by atoms with Gasteiger partial charge in [-0.1, -0.05) is 30.3 Å². The fourth-order valence-electron chi connectivity index (χ4n) is 3.23. The Hall–Kier alpha value is -4.79. The van der Waals surface area contributed by atoms with Gasteiger partial charge >= 0.3 is 0 Å². The third-order valence-electron chi connectivity index (χ3n) is 4.90. The summed E-state index contributed by atoms with van der Waals surface area (Å²) in [4.78, 5) is 38.9. The number of carbonyl (C=O) groups excluding carboxylic acids is 2. The summed E-state index contributed by atoms with van der Waals surface area (Å²) in [5.74, 6) is -0.909. The van der Waals surface area contributed by atoms with Crippen LogP contribution in [0, 0.1) is 10.1 Å². The fourth-order valence-corrected chi connectivity index (χ4v) is 3.23. The van der Waals surface area contributed by atoms with E-state index in [2.05, 4.69) is 21.2 Å². The van der Waals surface area contributed by atoms with Crippen LogP contribution in [0.4, 0.5) is 17.1 Å². The lowest BCUT2D eigenvalue weighted by atomic mass is 10.1. The average Bonchev–Trinajstić information content (AvgIpc) is 2.83. The molecular weight excluding hydrogens is 422 g/mol. The van der Waals surface area contributed by atoms with Gasteiger partial charge in [0.05, 0.1) is 16.9 Å². The number of nitro groups is 1. The third kappa shape index (κ3) is 5.28. The van der Waals surface area contributed by atoms with Crippen LogP contribution >= 0.6 is 0 Å². The largest absolute Gasteiger partial charge is 0.355 e. The maximum atomic E-state index is 12.3. The highest BCUT2D eigenvalue weighted by Gasteiger charge is 2.10. The highest BCUT2D eigenvalue weighted by molar-refractivity contribution is 5.96. The number of amides is 2. The number of benzene rings is 3. The minimum Gasteiger partial charge on any atom is -0.355 e. The number of hydrogen-bond acceptors (Lipinski definition) is 6. The second-order valence-corrected chi connectivity index (χ2v) is 7.18. The van der Waals surface area contributed by atoms with Gasteiger partial charge in [0.1, 0.15) is 0 Å². The third-order valence-corrected chi connectivity index (χ3v) is 4.90. The van der Waals surface area contributed by atoms with Crippen molar-refractivity contribution in [3.8, 4) is 0 Å². The molecule has 1 heterocycles. The summed E-state index contributed by atoms with van der Waals surface area (Å²) < 4.78 is 0. The zero-order valence-corrected chi connectivity index (χ0v) is 17.3. The SMILES string of the molecule is O=C(Cc1ccc([N+](=O)[O-])cc1)NNC(=O)c1ccc(Nc2ccnc3ccccc23)cc1. The second kappa shape index (κ2) is 9.56. The van der Waals surface area contributed by atoms with Crippen LogP contribution in [0.5, 0.6) is 0 Å². The zero-order valence-electron chi connectivity index (χ0n) is 17.3. The van der Waals surface area contributed by atoms with Crippen molar-refractivity contribution < 1.29 is 14.5 Å². The summed E-state index contributed by atoms with van der Waals surface area (Å²) >= 11 is 0. The van der Waals surface area contributed by atoms with E-state index in [9.17, 15) is 19.7 Å². The molecule has 0 unspecified atom stereocenters. The Morgan fingerprint density at radius 2 is 1.61 bits per heavy atom. The van der Waals surface area contributed by atoms with Crippen LogP contribution in [-0.4, -0.2) is 21.7 Å². The van der Waals surface area contributed by atoms with E-state index in [0.29, 0.717) is 11.1 Å². The summed E-state index contributed by atoms with van der Waals surface area (Å²) in [6, 6.07) is 22.1. The highest BCUT2D eigenvalue weighted by Crippen LogP contribution is 2.25. The van der Waals surface area contributed by atoms with Crippen LogP contribution in [0.25, 0.3) is 10.9 Å². The number of anilines is 2.